The Morgan fingerprint density at radius 1 is 1.33 bits per heavy atom. The Morgan fingerprint density at radius 2 is 2.00 bits per heavy atom. The zero-order valence-corrected chi connectivity index (χ0v) is 14.8. The topological polar surface area (TPSA) is 130 Å². The van der Waals surface area contributed by atoms with Crippen LogP contribution in [-0.4, -0.2) is 75.2 Å². The van der Waals surface area contributed by atoms with Crippen molar-refractivity contribution >= 4 is 27.2 Å². The van der Waals surface area contributed by atoms with Crippen molar-refractivity contribution in [3.05, 3.63) is 18.2 Å². The molecule has 0 saturated heterocycles. The lowest BCUT2D eigenvalue weighted by Gasteiger charge is -2.27. The van der Waals surface area contributed by atoms with Crippen LogP contribution in [0.5, 0.6) is 0 Å². The van der Waals surface area contributed by atoms with Crippen LogP contribution in [0.2, 0.25) is 0 Å². The van der Waals surface area contributed by atoms with Crippen molar-refractivity contribution < 1.29 is 27.9 Å². The molecule has 136 valence electrons. The summed E-state index contributed by atoms with van der Waals surface area (Å²) >= 11 is 0. The summed E-state index contributed by atoms with van der Waals surface area (Å²) in [6, 6.07) is 4.57. The third kappa shape index (κ3) is 6.34. The van der Waals surface area contributed by atoms with E-state index in [1.54, 1.807) is 12.1 Å². The molecule has 0 amide bonds. The number of hydrogen-bond donors (Lipinski definition) is 4. The number of carboxylic acids is 1. The zero-order valence-electron chi connectivity index (χ0n) is 14.0. The Kier molecular flexibility index (Phi) is 7.00. The maximum Gasteiger partial charge on any atom is 0.359 e. The van der Waals surface area contributed by atoms with E-state index in [0.717, 1.165) is 0 Å². The Balaban J connectivity index is 2.74. The number of rotatable bonds is 10. The van der Waals surface area contributed by atoms with Crippen LogP contribution < -0.4 is 11.1 Å². The second-order valence-corrected chi connectivity index (χ2v) is 8.37. The van der Waals surface area contributed by atoms with Gasteiger partial charge >= 0.3 is 5.97 Å². The first-order chi connectivity index (χ1) is 11.1. The van der Waals surface area contributed by atoms with Gasteiger partial charge in [0.05, 0.1) is 43.6 Å². The van der Waals surface area contributed by atoms with Crippen LogP contribution in [0.4, 0.5) is 11.4 Å². The van der Waals surface area contributed by atoms with Gasteiger partial charge in [-0.05, 0) is 18.2 Å². The lowest BCUT2D eigenvalue weighted by atomic mass is 10.2. The number of sulfone groups is 1. The third-order valence-corrected chi connectivity index (χ3v) is 5.25. The number of nitrogens with zero attached hydrogens (tertiary/aromatic N) is 1. The van der Waals surface area contributed by atoms with Gasteiger partial charge in [0.2, 0.25) is 0 Å². The number of aliphatic carboxylic acids is 1. The first-order valence-corrected chi connectivity index (χ1v) is 9.23. The van der Waals surface area contributed by atoms with Crippen molar-refractivity contribution in [3.8, 4) is 0 Å². The van der Waals surface area contributed by atoms with Gasteiger partial charge in [-0.25, -0.2) is 13.2 Å². The molecule has 0 aliphatic heterocycles. The standard InChI is InChI=1S/C15H25N3O5S/c1-18(2,11-15(20)21)7-3-6-17-13-5-4-12(16)10-14(13)24(22,23)9-8-19/h4-5,10,17,19H,3,6-9,11,16H2,1-2H3/p+1. The summed E-state index contributed by atoms with van der Waals surface area (Å²) in [4.78, 5) is 10.9. The Morgan fingerprint density at radius 3 is 2.58 bits per heavy atom. The molecule has 0 spiro atoms. The number of quaternary nitrogens is 1. The fraction of sp³-hybridized carbons (Fsp3) is 0.533. The quantitative estimate of drug-likeness (QED) is 0.262. The number of nitrogens with two attached hydrogens (primary N) is 1. The monoisotopic (exact) mass is 360 g/mol. The highest BCUT2D eigenvalue weighted by Crippen LogP contribution is 2.25. The summed E-state index contributed by atoms with van der Waals surface area (Å²) < 4.78 is 24.7. The number of aliphatic hydroxyl groups is 1. The van der Waals surface area contributed by atoms with E-state index >= 15 is 0 Å². The molecule has 0 atom stereocenters. The van der Waals surface area contributed by atoms with Crippen molar-refractivity contribution in [2.45, 2.75) is 11.3 Å². The molecule has 1 aromatic rings. The molecule has 8 nitrogen and oxygen atoms in total. The molecule has 0 aliphatic carbocycles. The minimum absolute atomic E-state index is 0.0258. The van der Waals surface area contributed by atoms with Gasteiger partial charge in [0.15, 0.2) is 16.4 Å². The highest BCUT2D eigenvalue weighted by molar-refractivity contribution is 7.91. The van der Waals surface area contributed by atoms with Gasteiger partial charge in [0.1, 0.15) is 0 Å². The second-order valence-electron chi connectivity index (χ2n) is 6.29. The van der Waals surface area contributed by atoms with E-state index in [4.69, 9.17) is 15.9 Å². The van der Waals surface area contributed by atoms with E-state index in [-0.39, 0.29) is 17.2 Å². The molecule has 24 heavy (non-hydrogen) atoms. The maximum atomic E-state index is 12.2. The van der Waals surface area contributed by atoms with Crippen molar-refractivity contribution in [1.82, 2.24) is 0 Å². The predicted molar refractivity (Wildman–Crippen MR) is 92.6 cm³/mol. The minimum atomic E-state index is -3.62. The number of benzene rings is 1. The van der Waals surface area contributed by atoms with Crippen LogP contribution in [0.3, 0.4) is 0 Å². The number of nitrogen functional groups attached to an aromatic ring is 1. The van der Waals surface area contributed by atoms with Gasteiger partial charge in [-0.15, -0.1) is 0 Å². The van der Waals surface area contributed by atoms with Crippen LogP contribution in [-0.2, 0) is 14.6 Å². The Hall–Kier alpha value is -1.84. The second kappa shape index (κ2) is 8.32. The van der Waals surface area contributed by atoms with E-state index in [9.17, 15) is 13.2 Å². The molecule has 0 fully saturated rings. The van der Waals surface area contributed by atoms with Gasteiger partial charge in [0.25, 0.3) is 0 Å². The number of carbonyl (C=O) groups is 1. The van der Waals surface area contributed by atoms with E-state index in [0.29, 0.717) is 35.4 Å². The molecule has 0 unspecified atom stereocenters. The largest absolute Gasteiger partial charge is 0.477 e. The summed E-state index contributed by atoms with van der Waals surface area (Å²) in [7, 11) is 0.0366. The van der Waals surface area contributed by atoms with E-state index in [2.05, 4.69) is 5.32 Å². The minimum Gasteiger partial charge on any atom is -0.477 e. The number of likely N-dealkylation sites (N-methyl/N-ethyl adjacent to an activating group) is 1. The van der Waals surface area contributed by atoms with Crippen molar-refractivity contribution in [3.63, 3.8) is 0 Å². The predicted octanol–water partition coefficient (Wildman–Crippen LogP) is -0.00220. The number of anilines is 2. The normalized spacial score (nSPS) is 12.1. The molecule has 1 rings (SSSR count). The summed E-state index contributed by atoms with van der Waals surface area (Å²) in [6.07, 6.45) is 0.671. The lowest BCUT2D eigenvalue weighted by molar-refractivity contribution is -0.883. The molecule has 5 N–H and O–H groups in total. The maximum absolute atomic E-state index is 12.2. The Bertz CT molecular complexity index is 674. The van der Waals surface area contributed by atoms with Gasteiger partial charge in [-0.1, -0.05) is 0 Å². The molecule has 0 aromatic heterocycles. The van der Waals surface area contributed by atoms with Crippen molar-refractivity contribution in [1.29, 1.82) is 0 Å². The average Bonchev–Trinajstić information content (AvgIpc) is 2.43. The molecule has 0 aliphatic rings. The fourth-order valence-electron chi connectivity index (χ4n) is 2.35. The molecule has 0 radical (unpaired) electrons. The van der Waals surface area contributed by atoms with E-state index in [1.165, 1.54) is 6.07 Å². The molecular weight excluding hydrogens is 334 g/mol. The van der Waals surface area contributed by atoms with Gasteiger partial charge < -0.3 is 25.7 Å². The molecule has 0 bridgehead atoms. The summed E-state index contributed by atoms with van der Waals surface area (Å²) in [6.45, 7) is 0.690. The molecule has 0 heterocycles. The van der Waals surface area contributed by atoms with Crippen LogP contribution in [0.25, 0.3) is 0 Å². The molecule has 0 saturated carbocycles. The first-order valence-electron chi connectivity index (χ1n) is 7.58. The average molecular weight is 360 g/mol. The SMILES string of the molecule is C[N+](C)(CCCNc1ccc(N)cc1S(=O)(=O)CCO)CC(=O)O. The van der Waals surface area contributed by atoms with Gasteiger partial charge in [-0.2, -0.15) is 0 Å². The van der Waals surface area contributed by atoms with E-state index in [1.807, 2.05) is 14.1 Å². The van der Waals surface area contributed by atoms with Crippen molar-refractivity contribution in [2.75, 3.05) is 57.1 Å². The Labute approximate surface area is 142 Å². The lowest BCUT2D eigenvalue weighted by Crippen LogP contribution is -2.44. The van der Waals surface area contributed by atoms with Crippen LogP contribution >= 0.6 is 0 Å². The fourth-order valence-corrected chi connectivity index (χ4v) is 3.60. The number of carboxylic acid groups (broad SMARTS) is 1. The summed E-state index contributed by atoms with van der Waals surface area (Å²) in [5.41, 5.74) is 6.43. The molecule has 9 heteroatoms. The molecule has 1 aromatic carbocycles. The third-order valence-electron chi connectivity index (χ3n) is 3.52. The summed E-state index contributed by atoms with van der Waals surface area (Å²) in [5.74, 6) is -1.22. The number of nitrogens with one attached hydrogen (secondary N) is 1. The van der Waals surface area contributed by atoms with Gasteiger partial charge in [-0.3, -0.25) is 0 Å². The highest BCUT2D eigenvalue weighted by Gasteiger charge is 2.20. The van der Waals surface area contributed by atoms with Gasteiger partial charge in [0, 0.05) is 18.7 Å². The summed E-state index contributed by atoms with van der Waals surface area (Å²) in [5, 5.41) is 20.8. The highest BCUT2D eigenvalue weighted by atomic mass is 32.2. The number of hydrogen-bond acceptors (Lipinski definition) is 6. The smallest absolute Gasteiger partial charge is 0.359 e. The van der Waals surface area contributed by atoms with Crippen molar-refractivity contribution in [2.24, 2.45) is 0 Å². The van der Waals surface area contributed by atoms with Crippen LogP contribution in [0, 0.1) is 0 Å². The molecular formula is C15H26N3O5S+. The van der Waals surface area contributed by atoms with Crippen LogP contribution in [0.15, 0.2) is 23.1 Å². The number of aliphatic hydroxyl groups excluding tert-OH is 1. The van der Waals surface area contributed by atoms with E-state index < -0.39 is 22.4 Å². The zero-order chi connectivity index (χ0) is 18.4. The van der Waals surface area contributed by atoms with Crippen LogP contribution in [0.1, 0.15) is 6.42 Å². The first kappa shape index (κ1) is 20.2.